The Kier molecular flexibility index (Phi) is 6.58. The average Bonchev–Trinajstić information content (AvgIpc) is 2.62. The number of halogens is 1. The fourth-order valence-electron chi connectivity index (χ4n) is 1.80. The largest absolute Gasteiger partial charge is 0.395 e. The fraction of sp³-hybridized carbons (Fsp3) is 0.538. The van der Waals surface area contributed by atoms with Gasteiger partial charge in [-0.05, 0) is 26.2 Å². The molecule has 0 spiro atoms. The summed E-state index contributed by atoms with van der Waals surface area (Å²) in [5, 5.41) is 16.6. The zero-order chi connectivity index (χ0) is 15.3. The van der Waals surface area contributed by atoms with Crippen LogP contribution in [0.15, 0.2) is 6.08 Å². The third kappa shape index (κ3) is 4.26. The van der Waals surface area contributed by atoms with Crippen molar-refractivity contribution >= 4 is 35.3 Å². The highest BCUT2D eigenvalue weighted by Crippen LogP contribution is 2.19. The molecule has 2 atom stereocenters. The number of aromatic nitrogens is 2. The molecular weight excluding hydrogens is 298 g/mol. The second-order valence-electron chi connectivity index (χ2n) is 4.50. The Morgan fingerprint density at radius 3 is 2.75 bits per heavy atom. The second kappa shape index (κ2) is 7.71. The van der Waals surface area contributed by atoms with Crippen LogP contribution in [0.25, 0.3) is 6.08 Å². The first-order valence-corrected chi connectivity index (χ1v) is 7.88. The normalized spacial score (nSPS) is 14.5. The molecule has 0 bridgehead atoms. The van der Waals surface area contributed by atoms with Crippen molar-refractivity contribution in [2.24, 2.45) is 7.05 Å². The highest BCUT2D eigenvalue weighted by Gasteiger charge is 2.16. The van der Waals surface area contributed by atoms with Gasteiger partial charge in [0.15, 0.2) is 0 Å². The lowest BCUT2D eigenvalue weighted by Crippen LogP contribution is -2.40. The molecule has 2 unspecified atom stereocenters. The molecule has 0 fully saturated rings. The number of rotatable bonds is 6. The lowest BCUT2D eigenvalue weighted by Gasteiger charge is -2.20. The number of aliphatic hydroxyl groups is 1. The maximum atomic E-state index is 11.8. The second-order valence-corrected chi connectivity index (χ2v) is 5.94. The molecule has 2 N–H and O–H groups in total. The number of carbonyl (C=O) groups excluding carboxylic acids is 1. The lowest BCUT2D eigenvalue weighted by molar-refractivity contribution is -0.117. The van der Waals surface area contributed by atoms with E-state index in [0.29, 0.717) is 5.15 Å². The standard InChI is InChI=1S/C13H20ClN3O2S/c1-8-10(13(14)17(3)16-8)5-6-12(19)15-9(2)11(7-18)20-4/h5-6,9,11,18H,7H2,1-4H3,(H,15,19)/b6-5+. The highest BCUT2D eigenvalue weighted by molar-refractivity contribution is 7.99. The zero-order valence-electron chi connectivity index (χ0n) is 12.1. The summed E-state index contributed by atoms with van der Waals surface area (Å²) < 4.78 is 1.56. The molecular formula is C13H20ClN3O2S. The molecule has 1 rings (SSSR count). The Labute approximate surface area is 128 Å². The zero-order valence-corrected chi connectivity index (χ0v) is 13.6. The van der Waals surface area contributed by atoms with Gasteiger partial charge in [0, 0.05) is 30.0 Å². The van der Waals surface area contributed by atoms with Gasteiger partial charge in [0.05, 0.1) is 12.3 Å². The highest BCUT2D eigenvalue weighted by atomic mass is 35.5. The Morgan fingerprint density at radius 2 is 2.30 bits per heavy atom. The van der Waals surface area contributed by atoms with E-state index in [1.165, 1.54) is 17.8 Å². The van der Waals surface area contributed by atoms with Crippen LogP contribution in [-0.4, -0.2) is 44.9 Å². The number of thioether (sulfide) groups is 1. The van der Waals surface area contributed by atoms with Gasteiger partial charge in [-0.3, -0.25) is 9.48 Å². The number of aryl methyl sites for hydroxylation is 2. The van der Waals surface area contributed by atoms with Gasteiger partial charge in [0.1, 0.15) is 5.15 Å². The van der Waals surface area contributed by atoms with Gasteiger partial charge in [0.25, 0.3) is 0 Å². The maximum absolute atomic E-state index is 11.8. The first-order valence-electron chi connectivity index (χ1n) is 6.22. The van der Waals surface area contributed by atoms with E-state index >= 15 is 0 Å². The molecule has 1 heterocycles. The summed E-state index contributed by atoms with van der Waals surface area (Å²) in [6, 6.07) is -0.113. The van der Waals surface area contributed by atoms with Crippen molar-refractivity contribution in [3.8, 4) is 0 Å². The summed E-state index contributed by atoms with van der Waals surface area (Å²) in [6.45, 7) is 3.73. The van der Waals surface area contributed by atoms with E-state index in [2.05, 4.69) is 10.4 Å². The van der Waals surface area contributed by atoms with Crippen molar-refractivity contribution in [1.82, 2.24) is 15.1 Å². The molecule has 1 aromatic heterocycles. The predicted octanol–water partition coefficient (Wildman–Crippen LogP) is 1.62. The third-order valence-electron chi connectivity index (χ3n) is 3.01. The Bertz CT molecular complexity index is 498. The summed E-state index contributed by atoms with van der Waals surface area (Å²) in [6.07, 6.45) is 4.99. The van der Waals surface area contributed by atoms with Gasteiger partial charge >= 0.3 is 0 Å². The SMILES string of the molecule is CSC(CO)C(C)NC(=O)/C=C/c1c(C)nn(C)c1Cl. The van der Waals surface area contributed by atoms with E-state index in [9.17, 15) is 9.90 Å². The Morgan fingerprint density at radius 1 is 1.65 bits per heavy atom. The first-order chi connectivity index (χ1) is 9.40. The fourth-order valence-corrected chi connectivity index (χ4v) is 2.66. The molecule has 0 radical (unpaired) electrons. The minimum absolute atomic E-state index is 0.0175. The van der Waals surface area contributed by atoms with Gasteiger partial charge in [-0.15, -0.1) is 0 Å². The van der Waals surface area contributed by atoms with Crippen molar-refractivity contribution in [3.05, 3.63) is 22.5 Å². The molecule has 0 aromatic carbocycles. The summed E-state index contributed by atoms with van der Waals surface area (Å²) in [5.41, 5.74) is 1.51. The molecule has 1 amide bonds. The minimum atomic E-state index is -0.218. The number of hydrogen-bond acceptors (Lipinski definition) is 4. The quantitative estimate of drug-likeness (QED) is 0.783. The molecule has 0 aliphatic carbocycles. The molecule has 0 saturated carbocycles. The van der Waals surface area contributed by atoms with Crippen molar-refractivity contribution < 1.29 is 9.90 Å². The van der Waals surface area contributed by atoms with Crippen LogP contribution in [0.5, 0.6) is 0 Å². The number of amides is 1. The Balaban J connectivity index is 2.68. The molecule has 0 aliphatic rings. The van der Waals surface area contributed by atoms with Crippen LogP contribution in [0.4, 0.5) is 0 Å². The van der Waals surface area contributed by atoms with Crippen molar-refractivity contribution in [2.45, 2.75) is 25.1 Å². The van der Waals surface area contributed by atoms with Crippen molar-refractivity contribution in [2.75, 3.05) is 12.9 Å². The lowest BCUT2D eigenvalue weighted by atomic mass is 10.2. The smallest absolute Gasteiger partial charge is 0.244 e. The molecule has 0 aliphatic heterocycles. The van der Waals surface area contributed by atoms with Crippen LogP contribution in [-0.2, 0) is 11.8 Å². The van der Waals surface area contributed by atoms with Crippen molar-refractivity contribution in [1.29, 1.82) is 0 Å². The van der Waals surface area contributed by atoms with E-state index in [1.54, 1.807) is 17.8 Å². The van der Waals surface area contributed by atoms with E-state index in [4.69, 9.17) is 11.6 Å². The summed E-state index contributed by atoms with van der Waals surface area (Å²) in [4.78, 5) is 11.8. The topological polar surface area (TPSA) is 67.2 Å². The summed E-state index contributed by atoms with van der Waals surface area (Å²) in [7, 11) is 1.75. The predicted molar refractivity (Wildman–Crippen MR) is 84.0 cm³/mol. The molecule has 5 nitrogen and oxygen atoms in total. The van der Waals surface area contributed by atoms with E-state index in [1.807, 2.05) is 20.1 Å². The summed E-state index contributed by atoms with van der Waals surface area (Å²) in [5.74, 6) is -0.218. The molecule has 1 aromatic rings. The number of nitrogens with zero attached hydrogens (tertiary/aromatic N) is 2. The van der Waals surface area contributed by atoms with E-state index in [0.717, 1.165) is 11.3 Å². The van der Waals surface area contributed by atoms with Crippen molar-refractivity contribution in [3.63, 3.8) is 0 Å². The van der Waals surface area contributed by atoms with E-state index in [-0.39, 0.29) is 23.8 Å². The average molecular weight is 318 g/mol. The summed E-state index contributed by atoms with van der Waals surface area (Å²) >= 11 is 7.60. The maximum Gasteiger partial charge on any atom is 0.244 e. The number of aliphatic hydroxyl groups excluding tert-OH is 1. The monoisotopic (exact) mass is 317 g/mol. The van der Waals surface area contributed by atoms with Gasteiger partial charge < -0.3 is 10.4 Å². The van der Waals surface area contributed by atoms with Gasteiger partial charge in [-0.1, -0.05) is 11.6 Å². The van der Waals surface area contributed by atoms with Crippen LogP contribution >= 0.6 is 23.4 Å². The first kappa shape index (κ1) is 17.1. The van der Waals surface area contributed by atoms with Crippen LogP contribution in [0.1, 0.15) is 18.2 Å². The van der Waals surface area contributed by atoms with Gasteiger partial charge in [0.2, 0.25) is 5.91 Å². The minimum Gasteiger partial charge on any atom is -0.395 e. The number of nitrogens with one attached hydrogen (secondary N) is 1. The van der Waals surface area contributed by atoms with Crippen LogP contribution < -0.4 is 5.32 Å². The molecule has 20 heavy (non-hydrogen) atoms. The molecule has 112 valence electrons. The Hall–Kier alpha value is -0.980. The van der Waals surface area contributed by atoms with Gasteiger partial charge in [-0.2, -0.15) is 16.9 Å². The van der Waals surface area contributed by atoms with Crippen LogP contribution in [0.3, 0.4) is 0 Å². The molecule has 0 saturated heterocycles. The van der Waals surface area contributed by atoms with Crippen LogP contribution in [0, 0.1) is 6.92 Å². The van der Waals surface area contributed by atoms with E-state index < -0.39 is 0 Å². The number of carbonyl (C=O) groups is 1. The van der Waals surface area contributed by atoms with Gasteiger partial charge in [-0.25, -0.2) is 0 Å². The van der Waals surface area contributed by atoms with Crippen LogP contribution in [0.2, 0.25) is 5.15 Å². The number of hydrogen-bond donors (Lipinski definition) is 2. The third-order valence-corrected chi connectivity index (χ3v) is 4.62. The molecule has 7 heteroatoms.